The average Bonchev–Trinajstić information content (AvgIpc) is 2.91. The van der Waals surface area contributed by atoms with Crippen LogP contribution in [0, 0.1) is 34.5 Å². The fourth-order valence-corrected chi connectivity index (χ4v) is 7.23. The molecule has 136 valence electrons. The molecule has 0 saturated heterocycles. The standard InChI is InChI=1S/C20H31NO.C2H6/c1-19-10-4-3-5-13(19)6-8-15-16-9-7-14(12-21)20(16,2)11-17(22)18(15)19;1-2/h12-13,15-16,18H,3-11,21H2,1-2H3;1-2H3/b14-12+;. The molecule has 4 rings (SSSR count). The summed E-state index contributed by atoms with van der Waals surface area (Å²) in [5, 5.41) is 0. The van der Waals surface area contributed by atoms with Crippen LogP contribution < -0.4 is 5.73 Å². The maximum absolute atomic E-state index is 13.2. The van der Waals surface area contributed by atoms with Crippen LogP contribution >= 0.6 is 0 Å². The lowest BCUT2D eigenvalue weighted by molar-refractivity contribution is -0.153. The maximum atomic E-state index is 13.2. The topological polar surface area (TPSA) is 43.1 Å². The number of hydrogen-bond donors (Lipinski definition) is 1. The van der Waals surface area contributed by atoms with Gasteiger partial charge in [-0.05, 0) is 73.5 Å². The van der Waals surface area contributed by atoms with E-state index in [-0.39, 0.29) is 5.41 Å². The summed E-state index contributed by atoms with van der Waals surface area (Å²) in [6.07, 6.45) is 13.0. The first kappa shape index (κ1) is 18.0. The summed E-state index contributed by atoms with van der Waals surface area (Å²) in [5.74, 6) is 3.05. The lowest BCUT2D eigenvalue weighted by Crippen LogP contribution is -2.56. The second-order valence-corrected chi connectivity index (χ2v) is 9.07. The molecule has 6 atom stereocenters. The Hall–Kier alpha value is -0.790. The summed E-state index contributed by atoms with van der Waals surface area (Å²) in [5.41, 5.74) is 7.63. The minimum Gasteiger partial charge on any atom is -0.405 e. The Bertz CT molecular complexity index is 524. The summed E-state index contributed by atoms with van der Waals surface area (Å²) in [4.78, 5) is 13.2. The van der Waals surface area contributed by atoms with Crippen LogP contribution in [-0.2, 0) is 4.79 Å². The van der Waals surface area contributed by atoms with Gasteiger partial charge < -0.3 is 5.73 Å². The highest BCUT2D eigenvalue weighted by Crippen LogP contribution is 2.66. The van der Waals surface area contributed by atoms with Gasteiger partial charge in [-0.2, -0.15) is 0 Å². The molecule has 0 aromatic carbocycles. The Balaban J connectivity index is 0.000000815. The van der Waals surface area contributed by atoms with E-state index in [9.17, 15) is 4.79 Å². The Morgan fingerprint density at radius 3 is 2.54 bits per heavy atom. The average molecular weight is 332 g/mol. The summed E-state index contributed by atoms with van der Waals surface area (Å²) >= 11 is 0. The van der Waals surface area contributed by atoms with Gasteiger partial charge in [0.05, 0.1) is 0 Å². The summed E-state index contributed by atoms with van der Waals surface area (Å²) in [7, 11) is 0. The van der Waals surface area contributed by atoms with Crippen LogP contribution in [0.15, 0.2) is 11.8 Å². The third-order valence-electron chi connectivity index (χ3n) is 8.32. The molecular weight excluding hydrogens is 294 g/mol. The zero-order chi connectivity index (χ0) is 17.5. The molecule has 4 aliphatic carbocycles. The molecule has 4 saturated carbocycles. The Morgan fingerprint density at radius 2 is 1.83 bits per heavy atom. The van der Waals surface area contributed by atoms with Crippen LogP contribution in [0.25, 0.3) is 0 Å². The van der Waals surface area contributed by atoms with Gasteiger partial charge in [0, 0.05) is 17.8 Å². The Labute approximate surface area is 148 Å². The monoisotopic (exact) mass is 331 g/mol. The van der Waals surface area contributed by atoms with Crippen LogP contribution in [0.1, 0.15) is 85.5 Å². The van der Waals surface area contributed by atoms with Gasteiger partial charge in [-0.3, -0.25) is 4.79 Å². The van der Waals surface area contributed by atoms with Crippen molar-refractivity contribution < 1.29 is 4.79 Å². The number of Topliss-reactive ketones (excluding diaryl/α,β-unsaturated/α-hetero) is 1. The first-order valence-electron chi connectivity index (χ1n) is 10.4. The molecule has 2 nitrogen and oxygen atoms in total. The quantitative estimate of drug-likeness (QED) is 0.640. The molecule has 0 radical (unpaired) electrons. The minimum absolute atomic E-state index is 0.0743. The van der Waals surface area contributed by atoms with E-state index >= 15 is 0 Å². The van der Waals surface area contributed by atoms with Gasteiger partial charge in [0.2, 0.25) is 0 Å². The van der Waals surface area contributed by atoms with Gasteiger partial charge >= 0.3 is 0 Å². The van der Waals surface area contributed by atoms with Crippen molar-refractivity contribution in [2.24, 2.45) is 40.2 Å². The van der Waals surface area contributed by atoms with E-state index in [4.69, 9.17) is 5.73 Å². The second-order valence-electron chi connectivity index (χ2n) is 9.07. The lowest BCUT2D eigenvalue weighted by atomic mass is 9.45. The van der Waals surface area contributed by atoms with Gasteiger partial charge in [0.1, 0.15) is 5.78 Å². The minimum atomic E-state index is 0.0743. The zero-order valence-electron chi connectivity index (χ0n) is 16.2. The normalized spacial score (nSPS) is 48.8. The molecule has 2 N–H and O–H groups in total. The van der Waals surface area contributed by atoms with Crippen molar-refractivity contribution in [3.63, 3.8) is 0 Å². The molecule has 0 aliphatic heterocycles. The van der Waals surface area contributed by atoms with Crippen LogP contribution in [0.3, 0.4) is 0 Å². The first-order chi connectivity index (χ1) is 11.5. The van der Waals surface area contributed by atoms with Crippen molar-refractivity contribution in [2.45, 2.75) is 85.5 Å². The van der Waals surface area contributed by atoms with Crippen molar-refractivity contribution in [2.75, 3.05) is 0 Å². The molecule has 6 unspecified atom stereocenters. The Kier molecular flexibility index (Phi) is 4.88. The van der Waals surface area contributed by atoms with Crippen molar-refractivity contribution >= 4 is 5.78 Å². The smallest absolute Gasteiger partial charge is 0.137 e. The number of rotatable bonds is 0. The van der Waals surface area contributed by atoms with E-state index in [0.717, 1.165) is 18.8 Å². The molecule has 4 fully saturated rings. The van der Waals surface area contributed by atoms with Crippen LogP contribution in [-0.4, -0.2) is 5.78 Å². The van der Waals surface area contributed by atoms with Gasteiger partial charge in [0.15, 0.2) is 0 Å². The van der Waals surface area contributed by atoms with Crippen molar-refractivity contribution in [3.05, 3.63) is 11.8 Å². The van der Waals surface area contributed by atoms with E-state index in [2.05, 4.69) is 13.8 Å². The third kappa shape index (κ3) is 2.39. The summed E-state index contributed by atoms with van der Waals surface area (Å²) in [6.45, 7) is 8.79. The molecular formula is C22H37NO. The molecule has 0 amide bonds. The number of carbonyl (C=O) groups is 1. The van der Waals surface area contributed by atoms with Crippen molar-refractivity contribution in [1.82, 2.24) is 0 Å². The molecule has 0 aromatic rings. The summed E-state index contributed by atoms with van der Waals surface area (Å²) < 4.78 is 0. The highest BCUT2D eigenvalue weighted by atomic mass is 16.1. The number of ketones is 1. The molecule has 0 heterocycles. The molecule has 4 aliphatic rings. The number of carbonyl (C=O) groups excluding carboxylic acids is 1. The predicted octanol–water partition coefficient (Wildman–Crippen LogP) is 5.47. The van der Waals surface area contributed by atoms with Gasteiger partial charge in [0.25, 0.3) is 0 Å². The first-order valence-corrected chi connectivity index (χ1v) is 10.4. The van der Waals surface area contributed by atoms with E-state index in [1.54, 1.807) is 0 Å². The lowest BCUT2D eigenvalue weighted by Gasteiger charge is -2.59. The summed E-state index contributed by atoms with van der Waals surface area (Å²) in [6, 6.07) is 0. The van der Waals surface area contributed by atoms with Crippen molar-refractivity contribution in [3.8, 4) is 0 Å². The van der Waals surface area contributed by atoms with E-state index < -0.39 is 0 Å². The Morgan fingerprint density at radius 1 is 1.08 bits per heavy atom. The fourth-order valence-electron chi connectivity index (χ4n) is 7.23. The highest BCUT2D eigenvalue weighted by Gasteiger charge is 2.61. The number of nitrogens with two attached hydrogens (primary N) is 1. The number of allylic oxidation sites excluding steroid dienone is 1. The number of fused-ring (bicyclic) bond motifs is 5. The van der Waals surface area contributed by atoms with Gasteiger partial charge in [-0.15, -0.1) is 0 Å². The highest BCUT2D eigenvalue weighted by molar-refractivity contribution is 5.85. The van der Waals surface area contributed by atoms with Crippen molar-refractivity contribution in [1.29, 1.82) is 0 Å². The molecule has 24 heavy (non-hydrogen) atoms. The SMILES string of the molecule is CC.CC12CC(=O)C3C(CCC4CCCCC43C)C1CC/C2=C\N. The predicted molar refractivity (Wildman–Crippen MR) is 100 cm³/mol. The molecule has 0 spiro atoms. The second kappa shape index (κ2) is 6.50. The van der Waals surface area contributed by atoms with Gasteiger partial charge in [-0.25, -0.2) is 0 Å². The molecule has 0 bridgehead atoms. The van der Waals surface area contributed by atoms with E-state index in [0.29, 0.717) is 29.0 Å². The van der Waals surface area contributed by atoms with Crippen LogP contribution in [0.2, 0.25) is 0 Å². The van der Waals surface area contributed by atoms with Crippen LogP contribution in [0.5, 0.6) is 0 Å². The zero-order valence-corrected chi connectivity index (χ0v) is 16.2. The fraction of sp³-hybridized carbons (Fsp3) is 0.864. The molecule has 2 heteroatoms. The molecule has 0 aromatic heterocycles. The van der Waals surface area contributed by atoms with E-state index in [1.165, 1.54) is 50.5 Å². The van der Waals surface area contributed by atoms with Crippen LogP contribution in [0.4, 0.5) is 0 Å². The van der Waals surface area contributed by atoms with E-state index in [1.807, 2.05) is 20.0 Å². The largest absolute Gasteiger partial charge is 0.405 e. The maximum Gasteiger partial charge on any atom is 0.137 e. The number of hydrogen-bond acceptors (Lipinski definition) is 2. The van der Waals surface area contributed by atoms with Gasteiger partial charge in [-0.1, -0.05) is 40.5 Å². The third-order valence-corrected chi connectivity index (χ3v) is 8.32.